The Morgan fingerprint density at radius 2 is 1.65 bits per heavy atom. The van der Waals surface area contributed by atoms with Gasteiger partial charge < -0.3 is 20.5 Å². The summed E-state index contributed by atoms with van der Waals surface area (Å²) in [6.45, 7) is 3.06. The van der Waals surface area contributed by atoms with E-state index in [0.29, 0.717) is 35.7 Å². The molecule has 0 bridgehead atoms. The lowest BCUT2D eigenvalue weighted by molar-refractivity contribution is -0.137. The first-order valence-electron chi connectivity index (χ1n) is 12.1. The Morgan fingerprint density at radius 1 is 0.919 bits per heavy atom. The number of benzene rings is 3. The van der Waals surface area contributed by atoms with Crippen LogP contribution in [0.3, 0.4) is 0 Å². The number of aryl methyl sites for hydroxylation is 1. The van der Waals surface area contributed by atoms with E-state index in [-0.39, 0.29) is 12.2 Å². The summed E-state index contributed by atoms with van der Waals surface area (Å²) in [5, 5.41) is 16.2. The summed E-state index contributed by atoms with van der Waals surface area (Å²) in [4.78, 5) is 29.4. The van der Waals surface area contributed by atoms with Crippen molar-refractivity contribution in [2.75, 3.05) is 23.8 Å². The molecule has 0 aliphatic carbocycles. The molecule has 0 radical (unpaired) electrons. The van der Waals surface area contributed by atoms with Crippen molar-refractivity contribution in [3.05, 3.63) is 119 Å². The minimum Gasteiger partial charge on any atom is -0.492 e. The molecule has 0 aliphatic heterocycles. The van der Waals surface area contributed by atoms with E-state index in [1.54, 1.807) is 54.7 Å². The third-order valence-corrected chi connectivity index (χ3v) is 5.87. The van der Waals surface area contributed by atoms with Crippen LogP contribution in [0.1, 0.15) is 27.0 Å². The number of carbonyl (C=O) groups is 2. The van der Waals surface area contributed by atoms with E-state index in [2.05, 4.69) is 15.6 Å². The highest BCUT2D eigenvalue weighted by atomic mass is 16.5. The van der Waals surface area contributed by atoms with Gasteiger partial charge in [-0.25, -0.2) is 9.78 Å². The van der Waals surface area contributed by atoms with Gasteiger partial charge in [0.15, 0.2) is 5.78 Å². The molecule has 3 N–H and O–H groups in total. The average Bonchev–Trinajstić information content (AvgIpc) is 2.93. The molecule has 0 spiro atoms. The van der Waals surface area contributed by atoms with Gasteiger partial charge in [0.1, 0.15) is 24.2 Å². The van der Waals surface area contributed by atoms with Gasteiger partial charge in [-0.1, -0.05) is 60.7 Å². The molecule has 0 aliphatic rings. The zero-order valence-corrected chi connectivity index (χ0v) is 20.6. The van der Waals surface area contributed by atoms with E-state index >= 15 is 0 Å². The van der Waals surface area contributed by atoms with Crippen LogP contribution in [0.15, 0.2) is 97.2 Å². The highest BCUT2D eigenvalue weighted by Crippen LogP contribution is 2.22. The van der Waals surface area contributed by atoms with Crippen molar-refractivity contribution in [1.29, 1.82) is 0 Å². The molecular formula is C30H29N3O4. The number of ether oxygens (including phenoxy) is 1. The van der Waals surface area contributed by atoms with Crippen LogP contribution in [0.25, 0.3) is 0 Å². The van der Waals surface area contributed by atoms with Crippen LogP contribution >= 0.6 is 0 Å². The summed E-state index contributed by atoms with van der Waals surface area (Å²) in [6.07, 6.45) is 1.98. The number of carboxylic acid groups (broad SMARTS) is 1. The summed E-state index contributed by atoms with van der Waals surface area (Å²) < 4.78 is 5.80. The van der Waals surface area contributed by atoms with Crippen molar-refractivity contribution in [2.24, 2.45) is 0 Å². The number of anilines is 2. The number of hydrogen-bond acceptors (Lipinski definition) is 6. The monoisotopic (exact) mass is 495 g/mol. The van der Waals surface area contributed by atoms with Crippen LogP contribution in [-0.2, 0) is 11.2 Å². The number of aromatic nitrogens is 1. The lowest BCUT2D eigenvalue weighted by Gasteiger charge is -2.18. The second kappa shape index (κ2) is 12.4. The standard InChI is InChI=1S/C30H29N3O4/c1-21-8-7-17-31-29(21)32-18-19-37-24-15-13-22(14-16-24)20-27(30(35)36)33-26-12-6-5-11-25(26)28(34)23-9-3-2-4-10-23/h2-17,27,33H,18-20H2,1H3,(H,31,32)(H,35,36)/t27-/m0/s1. The van der Waals surface area contributed by atoms with Gasteiger partial charge in [0, 0.05) is 29.4 Å². The minimum absolute atomic E-state index is 0.165. The van der Waals surface area contributed by atoms with Gasteiger partial charge in [-0.05, 0) is 48.4 Å². The average molecular weight is 496 g/mol. The first-order valence-corrected chi connectivity index (χ1v) is 12.1. The maximum absolute atomic E-state index is 13.0. The van der Waals surface area contributed by atoms with Gasteiger partial charge in [-0.3, -0.25) is 4.79 Å². The van der Waals surface area contributed by atoms with Crippen LogP contribution < -0.4 is 15.4 Å². The van der Waals surface area contributed by atoms with Gasteiger partial charge >= 0.3 is 5.97 Å². The SMILES string of the molecule is Cc1cccnc1NCCOc1ccc(C[C@H](Nc2ccccc2C(=O)c2ccccc2)C(=O)O)cc1. The smallest absolute Gasteiger partial charge is 0.326 e. The number of nitrogens with zero attached hydrogens (tertiary/aromatic N) is 1. The molecule has 1 atom stereocenters. The van der Waals surface area contributed by atoms with Crippen molar-refractivity contribution >= 4 is 23.3 Å². The third kappa shape index (κ3) is 6.95. The fraction of sp³-hybridized carbons (Fsp3) is 0.167. The number of aliphatic carboxylic acids is 1. The highest BCUT2D eigenvalue weighted by molar-refractivity contribution is 6.12. The maximum atomic E-state index is 13.0. The number of para-hydroxylation sites is 1. The van der Waals surface area contributed by atoms with Crippen molar-refractivity contribution in [1.82, 2.24) is 4.98 Å². The lowest BCUT2D eigenvalue weighted by atomic mass is 10.00. The van der Waals surface area contributed by atoms with Gasteiger partial charge in [0.2, 0.25) is 0 Å². The molecular weight excluding hydrogens is 466 g/mol. The summed E-state index contributed by atoms with van der Waals surface area (Å²) in [5.74, 6) is 0.364. The van der Waals surface area contributed by atoms with Crippen molar-refractivity contribution < 1.29 is 19.4 Å². The van der Waals surface area contributed by atoms with E-state index < -0.39 is 12.0 Å². The number of carbonyl (C=O) groups excluding carboxylic acids is 1. The van der Waals surface area contributed by atoms with Crippen molar-refractivity contribution in [2.45, 2.75) is 19.4 Å². The van der Waals surface area contributed by atoms with Gasteiger partial charge in [0.25, 0.3) is 0 Å². The molecule has 7 heteroatoms. The lowest BCUT2D eigenvalue weighted by Crippen LogP contribution is -2.32. The van der Waals surface area contributed by atoms with Crippen molar-refractivity contribution in [3.63, 3.8) is 0 Å². The topological polar surface area (TPSA) is 101 Å². The Balaban J connectivity index is 1.36. The fourth-order valence-electron chi connectivity index (χ4n) is 3.91. The molecule has 0 amide bonds. The highest BCUT2D eigenvalue weighted by Gasteiger charge is 2.21. The molecule has 4 aromatic rings. The number of carboxylic acids is 1. The molecule has 7 nitrogen and oxygen atoms in total. The molecule has 0 saturated heterocycles. The molecule has 3 aromatic carbocycles. The van der Waals surface area contributed by atoms with Crippen LogP contribution in [0.4, 0.5) is 11.5 Å². The quantitative estimate of drug-likeness (QED) is 0.183. The van der Waals surface area contributed by atoms with E-state index in [9.17, 15) is 14.7 Å². The van der Waals surface area contributed by atoms with E-state index in [4.69, 9.17) is 4.74 Å². The largest absolute Gasteiger partial charge is 0.492 e. The fourth-order valence-corrected chi connectivity index (χ4v) is 3.91. The van der Waals surface area contributed by atoms with Gasteiger partial charge in [0.05, 0.1) is 6.54 Å². The molecule has 0 saturated carbocycles. The zero-order chi connectivity index (χ0) is 26.0. The minimum atomic E-state index is -1.00. The predicted molar refractivity (Wildman–Crippen MR) is 144 cm³/mol. The second-order valence-corrected chi connectivity index (χ2v) is 8.57. The molecule has 37 heavy (non-hydrogen) atoms. The molecule has 188 valence electrons. The first-order chi connectivity index (χ1) is 18.0. The molecule has 0 unspecified atom stereocenters. The summed E-state index contributed by atoms with van der Waals surface area (Å²) in [6, 6.07) is 26.2. The second-order valence-electron chi connectivity index (χ2n) is 8.57. The van der Waals surface area contributed by atoms with E-state index in [1.165, 1.54) is 0 Å². The Bertz CT molecular complexity index is 1340. The van der Waals surface area contributed by atoms with Crippen molar-refractivity contribution in [3.8, 4) is 5.75 Å². The normalized spacial score (nSPS) is 11.4. The van der Waals surface area contributed by atoms with Crippen LogP contribution in [0.2, 0.25) is 0 Å². The predicted octanol–water partition coefficient (Wildman–Crippen LogP) is 5.22. The first kappa shape index (κ1) is 25.4. The number of pyridine rings is 1. The number of rotatable bonds is 12. The molecule has 1 aromatic heterocycles. The Hall–Kier alpha value is -4.65. The van der Waals surface area contributed by atoms with Crippen LogP contribution in [0, 0.1) is 6.92 Å². The Kier molecular flexibility index (Phi) is 8.49. The molecule has 4 rings (SSSR count). The van der Waals surface area contributed by atoms with E-state index in [1.807, 2.05) is 49.4 Å². The van der Waals surface area contributed by atoms with Crippen LogP contribution in [-0.4, -0.2) is 41.0 Å². The maximum Gasteiger partial charge on any atom is 0.326 e. The number of ketones is 1. The van der Waals surface area contributed by atoms with Gasteiger partial charge in [-0.15, -0.1) is 0 Å². The zero-order valence-electron chi connectivity index (χ0n) is 20.6. The Morgan fingerprint density at radius 3 is 2.38 bits per heavy atom. The molecule has 1 heterocycles. The van der Waals surface area contributed by atoms with E-state index in [0.717, 1.165) is 16.9 Å². The third-order valence-electron chi connectivity index (χ3n) is 5.87. The summed E-state index contributed by atoms with van der Waals surface area (Å²) in [5.41, 5.74) is 3.36. The van der Waals surface area contributed by atoms with Gasteiger partial charge in [-0.2, -0.15) is 0 Å². The summed E-state index contributed by atoms with van der Waals surface area (Å²) >= 11 is 0. The molecule has 0 fully saturated rings. The number of nitrogens with one attached hydrogen (secondary N) is 2. The number of hydrogen-bond donors (Lipinski definition) is 3. The summed E-state index contributed by atoms with van der Waals surface area (Å²) in [7, 11) is 0. The van der Waals surface area contributed by atoms with Crippen LogP contribution in [0.5, 0.6) is 5.75 Å². The Labute approximate surface area is 216 Å².